The Hall–Kier alpha value is -0.940. The molecule has 1 aromatic rings. The second-order valence-electron chi connectivity index (χ2n) is 4.25. The van der Waals surface area contributed by atoms with E-state index in [9.17, 15) is 17.2 Å². The average molecular weight is 293 g/mol. The highest BCUT2D eigenvalue weighted by Gasteiger charge is 2.30. The fourth-order valence-electron chi connectivity index (χ4n) is 1.89. The third kappa shape index (κ3) is 3.09. The van der Waals surface area contributed by atoms with Crippen molar-refractivity contribution in [1.82, 2.24) is 0 Å². The number of rotatable bonds is 2. The summed E-state index contributed by atoms with van der Waals surface area (Å²) < 4.78 is 48.1. The standard InChI is InChI=1S/C12H11ClF2O2S/c13-18(16,17)11-3-1-9(2-4-11)10-5-7-12(14,15)8-6-10/h1-5H,6-8H2. The molecule has 0 atom stereocenters. The Balaban J connectivity index is 2.24. The Morgan fingerprint density at radius 2 is 1.78 bits per heavy atom. The van der Waals surface area contributed by atoms with E-state index in [1.165, 1.54) is 18.2 Å². The van der Waals surface area contributed by atoms with Crippen molar-refractivity contribution >= 4 is 25.3 Å². The van der Waals surface area contributed by atoms with Crippen LogP contribution >= 0.6 is 10.7 Å². The number of hydrogen-bond acceptors (Lipinski definition) is 2. The molecule has 0 N–H and O–H groups in total. The van der Waals surface area contributed by atoms with Crippen molar-refractivity contribution in [3.63, 3.8) is 0 Å². The summed E-state index contributed by atoms with van der Waals surface area (Å²) in [4.78, 5) is 0.00894. The second-order valence-corrected chi connectivity index (χ2v) is 6.82. The van der Waals surface area contributed by atoms with Crippen molar-refractivity contribution in [2.24, 2.45) is 0 Å². The molecule has 6 heteroatoms. The van der Waals surface area contributed by atoms with Gasteiger partial charge in [-0.15, -0.1) is 0 Å². The van der Waals surface area contributed by atoms with Crippen LogP contribution in [0.15, 0.2) is 35.2 Å². The Morgan fingerprint density at radius 3 is 2.22 bits per heavy atom. The van der Waals surface area contributed by atoms with Crippen LogP contribution in [0, 0.1) is 0 Å². The quantitative estimate of drug-likeness (QED) is 0.777. The summed E-state index contributed by atoms with van der Waals surface area (Å²) in [5.41, 5.74) is 1.58. The highest BCUT2D eigenvalue weighted by atomic mass is 35.7. The molecule has 0 fully saturated rings. The molecule has 0 saturated carbocycles. The summed E-state index contributed by atoms with van der Waals surface area (Å²) in [6, 6.07) is 5.94. The van der Waals surface area contributed by atoms with E-state index in [4.69, 9.17) is 10.7 Å². The molecule has 1 aliphatic rings. The van der Waals surface area contributed by atoms with Crippen molar-refractivity contribution in [3.8, 4) is 0 Å². The predicted molar refractivity (Wildman–Crippen MR) is 66.3 cm³/mol. The summed E-state index contributed by atoms with van der Waals surface area (Å²) >= 11 is 0. The first kappa shape index (κ1) is 13.5. The van der Waals surface area contributed by atoms with E-state index >= 15 is 0 Å². The fourth-order valence-corrected chi connectivity index (χ4v) is 2.66. The normalized spacial score (nSPS) is 19.4. The Kier molecular flexibility index (Phi) is 3.47. The number of allylic oxidation sites excluding steroid dienone is 2. The minimum absolute atomic E-state index is 0.00894. The number of halogens is 3. The molecule has 2 rings (SSSR count). The van der Waals surface area contributed by atoms with Gasteiger partial charge in [-0.1, -0.05) is 18.2 Å². The van der Waals surface area contributed by atoms with Crippen LogP contribution < -0.4 is 0 Å². The molecule has 18 heavy (non-hydrogen) atoms. The summed E-state index contributed by atoms with van der Waals surface area (Å²) in [6.07, 6.45) is 1.36. The van der Waals surface area contributed by atoms with Crippen molar-refractivity contribution in [1.29, 1.82) is 0 Å². The maximum atomic E-state index is 13.0. The highest BCUT2D eigenvalue weighted by molar-refractivity contribution is 8.13. The number of hydrogen-bond donors (Lipinski definition) is 0. The Morgan fingerprint density at radius 1 is 1.17 bits per heavy atom. The van der Waals surface area contributed by atoms with Gasteiger partial charge < -0.3 is 0 Å². The average Bonchev–Trinajstić information content (AvgIpc) is 2.28. The molecular weight excluding hydrogens is 282 g/mol. The monoisotopic (exact) mass is 292 g/mol. The van der Waals surface area contributed by atoms with E-state index in [1.807, 2.05) is 0 Å². The van der Waals surface area contributed by atoms with Gasteiger partial charge in [0.2, 0.25) is 0 Å². The molecule has 2 nitrogen and oxygen atoms in total. The first-order valence-corrected chi connectivity index (χ1v) is 7.71. The van der Waals surface area contributed by atoms with Crippen LogP contribution in [-0.2, 0) is 9.05 Å². The van der Waals surface area contributed by atoms with Gasteiger partial charge in [0, 0.05) is 23.5 Å². The fraction of sp³-hybridized carbons (Fsp3) is 0.333. The van der Waals surface area contributed by atoms with Crippen molar-refractivity contribution < 1.29 is 17.2 Å². The van der Waals surface area contributed by atoms with Crippen LogP contribution in [-0.4, -0.2) is 14.3 Å². The van der Waals surface area contributed by atoms with Gasteiger partial charge in [0.1, 0.15) is 0 Å². The molecule has 1 aliphatic carbocycles. The molecule has 0 spiro atoms. The lowest BCUT2D eigenvalue weighted by Gasteiger charge is -2.21. The zero-order chi connectivity index (χ0) is 13.4. The molecule has 0 bridgehead atoms. The molecule has 1 aromatic carbocycles. The van der Waals surface area contributed by atoms with Crippen LogP contribution in [0.2, 0.25) is 0 Å². The molecule has 0 heterocycles. The van der Waals surface area contributed by atoms with Gasteiger partial charge in [0.15, 0.2) is 0 Å². The van der Waals surface area contributed by atoms with Crippen LogP contribution in [0.5, 0.6) is 0 Å². The van der Waals surface area contributed by atoms with Crippen molar-refractivity contribution in [2.75, 3.05) is 0 Å². The maximum Gasteiger partial charge on any atom is 0.261 e. The molecule has 0 aliphatic heterocycles. The molecule has 0 saturated heterocycles. The first-order chi connectivity index (χ1) is 8.28. The summed E-state index contributed by atoms with van der Waals surface area (Å²) in [6.45, 7) is 0. The first-order valence-electron chi connectivity index (χ1n) is 5.40. The molecule has 98 valence electrons. The molecule has 0 radical (unpaired) electrons. The van der Waals surface area contributed by atoms with E-state index in [0.717, 1.165) is 11.1 Å². The van der Waals surface area contributed by atoms with Crippen LogP contribution in [0.25, 0.3) is 5.57 Å². The van der Waals surface area contributed by atoms with Gasteiger partial charge in [0.05, 0.1) is 4.90 Å². The van der Waals surface area contributed by atoms with Gasteiger partial charge in [-0.3, -0.25) is 0 Å². The summed E-state index contributed by atoms with van der Waals surface area (Å²) in [7, 11) is 1.46. The van der Waals surface area contributed by atoms with Crippen LogP contribution in [0.1, 0.15) is 24.8 Å². The Labute approximate surface area is 109 Å². The van der Waals surface area contributed by atoms with E-state index in [-0.39, 0.29) is 17.7 Å². The summed E-state index contributed by atoms with van der Waals surface area (Å²) in [5.74, 6) is -2.62. The SMILES string of the molecule is O=S(=O)(Cl)c1ccc(C2=CCC(F)(F)CC2)cc1. The minimum atomic E-state index is -3.74. The van der Waals surface area contributed by atoms with Crippen LogP contribution in [0.3, 0.4) is 0 Å². The number of alkyl halides is 2. The van der Waals surface area contributed by atoms with Crippen molar-refractivity contribution in [3.05, 3.63) is 35.9 Å². The maximum absolute atomic E-state index is 13.0. The van der Waals surface area contributed by atoms with Gasteiger partial charge in [-0.05, 0) is 29.7 Å². The minimum Gasteiger partial charge on any atom is -0.207 e. The topological polar surface area (TPSA) is 34.1 Å². The lowest BCUT2D eigenvalue weighted by molar-refractivity contribution is -0.00602. The van der Waals surface area contributed by atoms with Crippen LogP contribution in [0.4, 0.5) is 8.78 Å². The van der Waals surface area contributed by atoms with Gasteiger partial charge in [-0.2, -0.15) is 0 Å². The third-order valence-electron chi connectivity index (χ3n) is 2.91. The van der Waals surface area contributed by atoms with Gasteiger partial charge >= 0.3 is 0 Å². The summed E-state index contributed by atoms with van der Waals surface area (Å²) in [5, 5.41) is 0. The third-order valence-corrected chi connectivity index (χ3v) is 4.28. The molecule has 0 unspecified atom stereocenters. The Bertz CT molecular complexity index is 577. The largest absolute Gasteiger partial charge is 0.261 e. The van der Waals surface area contributed by atoms with Crippen molar-refractivity contribution in [2.45, 2.75) is 30.1 Å². The molecular formula is C12H11ClF2O2S. The molecule has 0 amide bonds. The lowest BCUT2D eigenvalue weighted by Crippen LogP contribution is -2.18. The van der Waals surface area contributed by atoms with Gasteiger partial charge in [0.25, 0.3) is 15.0 Å². The smallest absolute Gasteiger partial charge is 0.207 e. The zero-order valence-corrected chi connectivity index (χ0v) is 10.9. The zero-order valence-electron chi connectivity index (χ0n) is 9.37. The number of benzene rings is 1. The van der Waals surface area contributed by atoms with Gasteiger partial charge in [-0.25, -0.2) is 17.2 Å². The highest BCUT2D eigenvalue weighted by Crippen LogP contribution is 2.36. The van der Waals surface area contributed by atoms with E-state index in [1.54, 1.807) is 12.1 Å². The lowest BCUT2D eigenvalue weighted by atomic mass is 9.91. The van der Waals surface area contributed by atoms with E-state index in [0.29, 0.717) is 6.42 Å². The van der Waals surface area contributed by atoms with E-state index in [2.05, 4.69) is 0 Å². The second kappa shape index (κ2) is 4.63. The van der Waals surface area contributed by atoms with E-state index < -0.39 is 15.0 Å². The molecule has 0 aromatic heterocycles. The predicted octanol–water partition coefficient (Wildman–Crippen LogP) is 3.82.